The van der Waals surface area contributed by atoms with Crippen molar-refractivity contribution in [1.82, 2.24) is 19.9 Å². The van der Waals surface area contributed by atoms with Crippen LogP contribution in [0.3, 0.4) is 0 Å². The lowest BCUT2D eigenvalue weighted by atomic mass is 10.1. The fourth-order valence-corrected chi connectivity index (χ4v) is 2.88. The standard InChI is InChI=1S/C18H17N7O2/c19-5-8-27-13-3-1-12(2-4-13)14-11-21-16-15(22-14)17(24-18(20)23-16)25-6-9-26-10-7-25/h1-4,11H,6-10H2,(H2,20,21,23,24). The molecule has 0 spiro atoms. The largest absolute Gasteiger partial charge is 0.479 e. The molecule has 9 nitrogen and oxygen atoms in total. The fourth-order valence-electron chi connectivity index (χ4n) is 2.88. The van der Waals surface area contributed by atoms with Gasteiger partial charge in [-0.05, 0) is 24.3 Å². The normalized spacial score (nSPS) is 14.1. The Kier molecular flexibility index (Phi) is 4.63. The van der Waals surface area contributed by atoms with E-state index >= 15 is 0 Å². The van der Waals surface area contributed by atoms with Gasteiger partial charge >= 0.3 is 0 Å². The van der Waals surface area contributed by atoms with Crippen LogP contribution in [0.4, 0.5) is 11.8 Å². The van der Waals surface area contributed by atoms with Crippen LogP contribution in [0, 0.1) is 11.3 Å². The third-order valence-corrected chi connectivity index (χ3v) is 4.17. The van der Waals surface area contributed by atoms with Crippen LogP contribution in [-0.4, -0.2) is 52.8 Å². The number of hydrogen-bond donors (Lipinski definition) is 1. The van der Waals surface area contributed by atoms with Crippen LogP contribution in [0.25, 0.3) is 22.4 Å². The highest BCUT2D eigenvalue weighted by Crippen LogP contribution is 2.26. The summed E-state index contributed by atoms with van der Waals surface area (Å²) in [5.41, 5.74) is 8.48. The molecule has 1 fully saturated rings. The van der Waals surface area contributed by atoms with Crippen molar-refractivity contribution in [3.63, 3.8) is 0 Å². The van der Waals surface area contributed by atoms with E-state index < -0.39 is 0 Å². The maximum Gasteiger partial charge on any atom is 0.224 e. The first-order chi connectivity index (χ1) is 13.2. The molecule has 0 amide bonds. The third-order valence-electron chi connectivity index (χ3n) is 4.17. The van der Waals surface area contributed by atoms with Crippen LogP contribution in [0.15, 0.2) is 30.5 Å². The Labute approximate surface area is 155 Å². The number of anilines is 2. The van der Waals surface area contributed by atoms with E-state index in [9.17, 15) is 0 Å². The number of aromatic nitrogens is 4. The molecule has 27 heavy (non-hydrogen) atoms. The molecule has 0 radical (unpaired) electrons. The predicted octanol–water partition coefficient (Wildman–Crippen LogP) is 1.41. The lowest BCUT2D eigenvalue weighted by Gasteiger charge is -2.28. The summed E-state index contributed by atoms with van der Waals surface area (Å²) in [6.45, 7) is 2.69. The molecule has 2 N–H and O–H groups in total. The second-order valence-corrected chi connectivity index (χ2v) is 5.90. The van der Waals surface area contributed by atoms with E-state index in [0.29, 0.717) is 54.7 Å². The summed E-state index contributed by atoms with van der Waals surface area (Å²) in [5, 5.41) is 8.59. The van der Waals surface area contributed by atoms with E-state index in [4.69, 9.17) is 25.5 Å². The highest BCUT2D eigenvalue weighted by atomic mass is 16.5. The van der Waals surface area contributed by atoms with Crippen molar-refractivity contribution >= 4 is 22.9 Å². The minimum atomic E-state index is 0.0107. The van der Waals surface area contributed by atoms with Crippen molar-refractivity contribution in [2.45, 2.75) is 0 Å². The SMILES string of the molecule is N#CCOc1ccc(-c2cnc3nc(N)nc(N4CCOCC4)c3n2)cc1. The molecule has 9 heteroatoms. The number of hydrogen-bond acceptors (Lipinski definition) is 9. The summed E-state index contributed by atoms with van der Waals surface area (Å²) in [6.07, 6.45) is 1.66. The molecule has 3 aromatic rings. The Balaban J connectivity index is 1.72. The number of morpholine rings is 1. The van der Waals surface area contributed by atoms with Gasteiger partial charge in [0.15, 0.2) is 23.6 Å². The number of ether oxygens (including phenoxy) is 2. The molecule has 0 bridgehead atoms. The van der Waals surface area contributed by atoms with Crippen LogP contribution in [0.5, 0.6) is 5.75 Å². The van der Waals surface area contributed by atoms with Gasteiger partial charge in [0.05, 0.1) is 25.1 Å². The zero-order chi connectivity index (χ0) is 18.6. The van der Waals surface area contributed by atoms with Crippen molar-refractivity contribution in [3.8, 4) is 23.1 Å². The lowest BCUT2D eigenvalue weighted by molar-refractivity contribution is 0.122. The minimum Gasteiger partial charge on any atom is -0.479 e. The first-order valence-corrected chi connectivity index (χ1v) is 8.48. The average Bonchev–Trinajstić information content (AvgIpc) is 2.72. The number of fused-ring (bicyclic) bond motifs is 1. The summed E-state index contributed by atoms with van der Waals surface area (Å²) in [6, 6.07) is 9.27. The van der Waals surface area contributed by atoms with Crippen LogP contribution in [0.2, 0.25) is 0 Å². The summed E-state index contributed by atoms with van der Waals surface area (Å²) in [5.74, 6) is 1.47. The quantitative estimate of drug-likeness (QED) is 0.732. The van der Waals surface area contributed by atoms with Gasteiger partial charge in [0.1, 0.15) is 11.8 Å². The number of nitriles is 1. The second-order valence-electron chi connectivity index (χ2n) is 5.90. The van der Waals surface area contributed by atoms with Gasteiger partial charge in [0, 0.05) is 18.7 Å². The molecule has 0 atom stereocenters. The Bertz CT molecular complexity index is 995. The monoisotopic (exact) mass is 363 g/mol. The number of nitrogens with two attached hydrogens (primary N) is 1. The Hall–Kier alpha value is -3.51. The third kappa shape index (κ3) is 3.56. The summed E-state index contributed by atoms with van der Waals surface area (Å²) in [4.78, 5) is 19.8. The smallest absolute Gasteiger partial charge is 0.224 e. The highest BCUT2D eigenvalue weighted by molar-refractivity contribution is 5.85. The molecule has 1 aliphatic rings. The van der Waals surface area contributed by atoms with Crippen LogP contribution in [0.1, 0.15) is 0 Å². The first kappa shape index (κ1) is 16.9. The van der Waals surface area contributed by atoms with Crippen LogP contribution in [-0.2, 0) is 4.74 Å². The molecular formula is C18H17N7O2. The van der Waals surface area contributed by atoms with E-state index in [2.05, 4.69) is 19.9 Å². The van der Waals surface area contributed by atoms with Crippen molar-refractivity contribution in [1.29, 1.82) is 5.26 Å². The molecule has 1 saturated heterocycles. The van der Waals surface area contributed by atoms with Gasteiger partial charge in [-0.1, -0.05) is 0 Å². The van der Waals surface area contributed by atoms with E-state index in [1.165, 1.54) is 0 Å². The second kappa shape index (κ2) is 7.39. The minimum absolute atomic E-state index is 0.0107. The Morgan fingerprint density at radius 2 is 1.93 bits per heavy atom. The zero-order valence-corrected chi connectivity index (χ0v) is 14.5. The topological polar surface area (TPSA) is 123 Å². The van der Waals surface area contributed by atoms with Crippen molar-refractivity contribution in [2.24, 2.45) is 0 Å². The fraction of sp³-hybridized carbons (Fsp3) is 0.278. The van der Waals surface area contributed by atoms with Gasteiger partial charge in [-0.15, -0.1) is 0 Å². The lowest BCUT2D eigenvalue weighted by Crippen LogP contribution is -2.37. The number of nitrogens with zero attached hydrogens (tertiary/aromatic N) is 6. The Morgan fingerprint density at radius 1 is 1.15 bits per heavy atom. The van der Waals surface area contributed by atoms with E-state index in [1.54, 1.807) is 18.3 Å². The Morgan fingerprint density at radius 3 is 2.67 bits per heavy atom. The molecule has 1 aliphatic heterocycles. The highest BCUT2D eigenvalue weighted by Gasteiger charge is 2.19. The van der Waals surface area contributed by atoms with Crippen LogP contribution >= 0.6 is 0 Å². The molecule has 1 aromatic carbocycles. The zero-order valence-electron chi connectivity index (χ0n) is 14.5. The number of nitrogen functional groups attached to an aromatic ring is 1. The van der Waals surface area contributed by atoms with E-state index in [-0.39, 0.29) is 12.6 Å². The molecule has 4 rings (SSSR count). The molecular weight excluding hydrogens is 346 g/mol. The summed E-state index contributed by atoms with van der Waals surface area (Å²) in [7, 11) is 0. The molecule has 136 valence electrons. The average molecular weight is 363 g/mol. The van der Waals surface area contributed by atoms with Crippen LogP contribution < -0.4 is 15.4 Å². The molecule has 0 unspecified atom stereocenters. The number of rotatable bonds is 4. The summed E-state index contributed by atoms with van der Waals surface area (Å²) < 4.78 is 10.7. The maximum atomic E-state index is 8.59. The van der Waals surface area contributed by atoms with Gasteiger partial charge in [0.2, 0.25) is 5.95 Å². The van der Waals surface area contributed by atoms with Gasteiger partial charge in [-0.2, -0.15) is 15.2 Å². The molecule has 2 aromatic heterocycles. The maximum absolute atomic E-state index is 8.59. The van der Waals surface area contributed by atoms with Crippen molar-refractivity contribution in [2.75, 3.05) is 43.5 Å². The summed E-state index contributed by atoms with van der Waals surface area (Å²) >= 11 is 0. The predicted molar refractivity (Wildman–Crippen MR) is 99.1 cm³/mol. The molecule has 3 heterocycles. The number of benzene rings is 1. The molecule has 0 aliphatic carbocycles. The van der Waals surface area contributed by atoms with Crippen molar-refractivity contribution in [3.05, 3.63) is 30.5 Å². The van der Waals surface area contributed by atoms with Gasteiger partial charge in [-0.25, -0.2) is 9.97 Å². The van der Waals surface area contributed by atoms with E-state index in [1.807, 2.05) is 18.2 Å². The van der Waals surface area contributed by atoms with Gasteiger partial charge in [0.25, 0.3) is 0 Å². The van der Waals surface area contributed by atoms with E-state index in [0.717, 1.165) is 5.56 Å². The van der Waals surface area contributed by atoms with Crippen molar-refractivity contribution < 1.29 is 9.47 Å². The molecule has 0 saturated carbocycles. The van der Waals surface area contributed by atoms with Gasteiger partial charge in [-0.3, -0.25) is 0 Å². The first-order valence-electron chi connectivity index (χ1n) is 8.48. The van der Waals surface area contributed by atoms with Gasteiger partial charge < -0.3 is 20.1 Å².